The van der Waals surface area contributed by atoms with Crippen molar-refractivity contribution in [2.75, 3.05) is 0 Å². The maximum atomic E-state index is 13.6. The molecule has 0 saturated carbocycles. The van der Waals surface area contributed by atoms with E-state index < -0.39 is 0 Å². The van der Waals surface area contributed by atoms with Gasteiger partial charge >= 0.3 is 0 Å². The van der Waals surface area contributed by atoms with E-state index in [1.165, 1.54) is 16.7 Å². The summed E-state index contributed by atoms with van der Waals surface area (Å²) >= 11 is 0. The van der Waals surface area contributed by atoms with Crippen LogP contribution in [0.25, 0.3) is 0 Å². The molecule has 2 aromatic carbocycles. The SMILES string of the molecule is Cc1ccc(CNC(C)c2ccc(C)c(F)c2)cc1C. The highest BCUT2D eigenvalue weighted by atomic mass is 19.1. The Morgan fingerprint density at radius 3 is 2.30 bits per heavy atom. The third-order valence-electron chi connectivity index (χ3n) is 3.88. The average molecular weight is 271 g/mol. The molecular formula is C18H22FN. The third-order valence-corrected chi connectivity index (χ3v) is 3.88. The minimum Gasteiger partial charge on any atom is -0.306 e. The molecule has 1 nitrogen and oxygen atoms in total. The summed E-state index contributed by atoms with van der Waals surface area (Å²) in [6, 6.07) is 12.0. The van der Waals surface area contributed by atoms with E-state index in [4.69, 9.17) is 0 Å². The number of hydrogen-bond acceptors (Lipinski definition) is 1. The Bertz CT molecular complexity index is 604. The van der Waals surface area contributed by atoms with Gasteiger partial charge in [-0.25, -0.2) is 4.39 Å². The van der Waals surface area contributed by atoms with Gasteiger partial charge in [-0.2, -0.15) is 0 Å². The summed E-state index contributed by atoms with van der Waals surface area (Å²) in [7, 11) is 0. The van der Waals surface area contributed by atoms with Crippen molar-refractivity contribution < 1.29 is 4.39 Å². The average Bonchev–Trinajstić information content (AvgIpc) is 2.43. The fourth-order valence-electron chi connectivity index (χ4n) is 2.18. The Kier molecular flexibility index (Phi) is 4.56. The highest BCUT2D eigenvalue weighted by Crippen LogP contribution is 2.17. The van der Waals surface area contributed by atoms with Crippen LogP contribution in [0.2, 0.25) is 0 Å². The van der Waals surface area contributed by atoms with Crippen LogP contribution < -0.4 is 5.32 Å². The molecule has 1 N–H and O–H groups in total. The minimum absolute atomic E-state index is 0.131. The molecule has 0 amide bonds. The van der Waals surface area contributed by atoms with Crippen LogP contribution in [0.15, 0.2) is 36.4 Å². The number of nitrogens with one attached hydrogen (secondary N) is 1. The number of halogens is 1. The van der Waals surface area contributed by atoms with Gasteiger partial charge in [0.05, 0.1) is 0 Å². The molecule has 106 valence electrons. The molecular weight excluding hydrogens is 249 g/mol. The van der Waals surface area contributed by atoms with Gasteiger partial charge in [0.15, 0.2) is 0 Å². The smallest absolute Gasteiger partial charge is 0.126 e. The summed E-state index contributed by atoms with van der Waals surface area (Å²) in [6.45, 7) is 8.87. The second-order valence-electron chi connectivity index (χ2n) is 5.53. The van der Waals surface area contributed by atoms with Gasteiger partial charge in [-0.05, 0) is 61.6 Å². The molecule has 0 aliphatic rings. The summed E-state index contributed by atoms with van der Waals surface area (Å²) in [6.07, 6.45) is 0. The van der Waals surface area contributed by atoms with Crippen molar-refractivity contribution in [2.45, 2.75) is 40.3 Å². The Morgan fingerprint density at radius 1 is 0.950 bits per heavy atom. The number of benzene rings is 2. The fraction of sp³-hybridized carbons (Fsp3) is 0.333. The van der Waals surface area contributed by atoms with E-state index in [9.17, 15) is 4.39 Å². The van der Waals surface area contributed by atoms with E-state index in [2.05, 4.69) is 44.3 Å². The lowest BCUT2D eigenvalue weighted by molar-refractivity contribution is 0.563. The van der Waals surface area contributed by atoms with Gasteiger partial charge in [0.2, 0.25) is 0 Å². The summed E-state index contributed by atoms with van der Waals surface area (Å²) in [4.78, 5) is 0. The predicted molar refractivity (Wildman–Crippen MR) is 82.3 cm³/mol. The van der Waals surface area contributed by atoms with E-state index >= 15 is 0 Å². The molecule has 0 spiro atoms. The third kappa shape index (κ3) is 3.45. The molecule has 0 radical (unpaired) electrons. The highest BCUT2D eigenvalue weighted by molar-refractivity contribution is 5.30. The normalized spacial score (nSPS) is 12.4. The minimum atomic E-state index is -0.137. The standard InChI is InChI=1S/C18H22FN/c1-12-5-7-16(9-14(12)3)11-20-15(4)17-8-6-13(2)18(19)10-17/h5-10,15,20H,11H2,1-4H3. The number of aryl methyl sites for hydroxylation is 3. The molecule has 2 aromatic rings. The monoisotopic (exact) mass is 271 g/mol. The van der Waals surface area contributed by atoms with Crippen LogP contribution in [-0.4, -0.2) is 0 Å². The number of hydrogen-bond donors (Lipinski definition) is 1. The van der Waals surface area contributed by atoms with E-state index in [1.54, 1.807) is 13.0 Å². The van der Waals surface area contributed by atoms with Crippen LogP contribution in [0.4, 0.5) is 4.39 Å². The lowest BCUT2D eigenvalue weighted by Crippen LogP contribution is -2.18. The zero-order valence-electron chi connectivity index (χ0n) is 12.6. The lowest BCUT2D eigenvalue weighted by atomic mass is 10.0. The molecule has 1 unspecified atom stereocenters. The Balaban J connectivity index is 2.02. The number of rotatable bonds is 4. The van der Waals surface area contributed by atoms with Gasteiger partial charge in [-0.3, -0.25) is 0 Å². The van der Waals surface area contributed by atoms with Crippen molar-refractivity contribution in [1.29, 1.82) is 0 Å². The van der Waals surface area contributed by atoms with Gasteiger partial charge in [0, 0.05) is 12.6 Å². The molecule has 2 rings (SSSR count). The molecule has 20 heavy (non-hydrogen) atoms. The first-order valence-electron chi connectivity index (χ1n) is 7.03. The molecule has 1 atom stereocenters. The maximum absolute atomic E-state index is 13.6. The van der Waals surface area contributed by atoms with E-state index in [1.807, 2.05) is 12.1 Å². The molecule has 0 bridgehead atoms. The zero-order chi connectivity index (χ0) is 14.7. The Hall–Kier alpha value is -1.67. The largest absolute Gasteiger partial charge is 0.306 e. The topological polar surface area (TPSA) is 12.0 Å². The fourth-order valence-corrected chi connectivity index (χ4v) is 2.18. The van der Waals surface area contributed by atoms with Crippen LogP contribution in [0.3, 0.4) is 0 Å². The molecule has 0 saturated heterocycles. The second kappa shape index (κ2) is 6.19. The Morgan fingerprint density at radius 2 is 1.65 bits per heavy atom. The summed E-state index contributed by atoms with van der Waals surface area (Å²) in [5, 5.41) is 3.44. The first kappa shape index (κ1) is 14.7. The first-order valence-corrected chi connectivity index (χ1v) is 7.03. The van der Waals surface area contributed by atoms with Gasteiger partial charge in [0.25, 0.3) is 0 Å². The van der Waals surface area contributed by atoms with Crippen LogP contribution in [0, 0.1) is 26.6 Å². The van der Waals surface area contributed by atoms with Crippen LogP contribution >= 0.6 is 0 Å². The molecule has 0 heterocycles. The van der Waals surface area contributed by atoms with E-state index in [-0.39, 0.29) is 11.9 Å². The first-order chi connectivity index (χ1) is 9.47. The van der Waals surface area contributed by atoms with Crippen molar-refractivity contribution in [3.8, 4) is 0 Å². The lowest BCUT2D eigenvalue weighted by Gasteiger charge is -2.15. The Labute approximate surface area is 120 Å². The van der Waals surface area contributed by atoms with Crippen LogP contribution in [0.1, 0.15) is 40.8 Å². The predicted octanol–water partition coefficient (Wildman–Crippen LogP) is 4.60. The highest BCUT2D eigenvalue weighted by Gasteiger charge is 2.07. The maximum Gasteiger partial charge on any atom is 0.126 e. The van der Waals surface area contributed by atoms with Crippen molar-refractivity contribution in [3.05, 3.63) is 70.0 Å². The van der Waals surface area contributed by atoms with Gasteiger partial charge in [-0.15, -0.1) is 0 Å². The quantitative estimate of drug-likeness (QED) is 0.856. The van der Waals surface area contributed by atoms with Gasteiger partial charge in [-0.1, -0.05) is 30.3 Å². The van der Waals surface area contributed by atoms with Crippen molar-refractivity contribution in [1.82, 2.24) is 5.32 Å². The second-order valence-corrected chi connectivity index (χ2v) is 5.53. The molecule has 2 heteroatoms. The van der Waals surface area contributed by atoms with Crippen LogP contribution in [-0.2, 0) is 6.54 Å². The zero-order valence-corrected chi connectivity index (χ0v) is 12.6. The molecule has 0 fully saturated rings. The molecule has 0 aliphatic carbocycles. The van der Waals surface area contributed by atoms with Crippen molar-refractivity contribution in [2.24, 2.45) is 0 Å². The summed E-state index contributed by atoms with van der Waals surface area (Å²) in [5.41, 5.74) is 5.54. The summed E-state index contributed by atoms with van der Waals surface area (Å²) < 4.78 is 13.6. The molecule has 0 aliphatic heterocycles. The van der Waals surface area contributed by atoms with Crippen LogP contribution in [0.5, 0.6) is 0 Å². The van der Waals surface area contributed by atoms with Gasteiger partial charge < -0.3 is 5.32 Å². The van der Waals surface area contributed by atoms with E-state index in [0.717, 1.165) is 12.1 Å². The summed E-state index contributed by atoms with van der Waals surface area (Å²) in [5.74, 6) is -0.137. The van der Waals surface area contributed by atoms with Crippen molar-refractivity contribution in [3.63, 3.8) is 0 Å². The van der Waals surface area contributed by atoms with E-state index in [0.29, 0.717) is 5.56 Å². The molecule has 0 aromatic heterocycles. The van der Waals surface area contributed by atoms with Gasteiger partial charge in [0.1, 0.15) is 5.82 Å². The van der Waals surface area contributed by atoms with Crippen molar-refractivity contribution >= 4 is 0 Å².